The van der Waals surface area contributed by atoms with E-state index in [1.54, 1.807) is 0 Å². The Morgan fingerprint density at radius 3 is 3.21 bits per heavy atom. The number of nitrogens with zero attached hydrogens (tertiary/aromatic N) is 2. The molecular formula is C8H11N3O3. The van der Waals surface area contributed by atoms with Crippen LogP contribution in [0.2, 0.25) is 0 Å². The predicted octanol–water partition coefficient (Wildman–Crippen LogP) is 0.121. The molecule has 0 spiro atoms. The van der Waals surface area contributed by atoms with Crippen molar-refractivity contribution in [2.45, 2.75) is 25.3 Å². The topological polar surface area (TPSA) is 88.2 Å². The molecule has 1 saturated heterocycles. The zero-order chi connectivity index (χ0) is 9.97. The quantitative estimate of drug-likeness (QED) is 0.715. The van der Waals surface area contributed by atoms with Gasteiger partial charge in [0.1, 0.15) is 6.42 Å². The Balaban J connectivity index is 2.05. The van der Waals surface area contributed by atoms with E-state index in [1.807, 2.05) is 0 Å². The summed E-state index contributed by atoms with van der Waals surface area (Å²) in [5.74, 6) is -0.211. The standard InChI is InChI=1S/C8H11N3O3/c12-7(13)4-6-10-8(14-11-6)5-2-1-3-9-5/h5,9H,1-4H2,(H,12,13). The number of nitrogens with one attached hydrogen (secondary N) is 1. The van der Waals surface area contributed by atoms with Crippen LogP contribution >= 0.6 is 0 Å². The molecule has 0 bridgehead atoms. The first-order valence-corrected chi connectivity index (χ1v) is 4.53. The highest BCUT2D eigenvalue weighted by Gasteiger charge is 2.22. The zero-order valence-electron chi connectivity index (χ0n) is 7.56. The van der Waals surface area contributed by atoms with E-state index in [0.29, 0.717) is 5.89 Å². The molecule has 1 fully saturated rings. The number of rotatable bonds is 3. The second kappa shape index (κ2) is 3.75. The van der Waals surface area contributed by atoms with Crippen molar-refractivity contribution in [2.24, 2.45) is 0 Å². The van der Waals surface area contributed by atoms with E-state index in [-0.39, 0.29) is 18.3 Å². The van der Waals surface area contributed by atoms with Gasteiger partial charge in [0.2, 0.25) is 5.89 Å². The first-order valence-electron chi connectivity index (χ1n) is 4.53. The van der Waals surface area contributed by atoms with E-state index in [0.717, 1.165) is 19.4 Å². The normalized spacial score (nSPS) is 21.3. The van der Waals surface area contributed by atoms with Crippen LogP contribution in [-0.2, 0) is 11.2 Å². The monoisotopic (exact) mass is 197 g/mol. The summed E-state index contributed by atoms with van der Waals surface area (Å²) < 4.78 is 4.96. The van der Waals surface area contributed by atoms with Crippen LogP contribution in [0.3, 0.4) is 0 Å². The molecule has 0 aliphatic carbocycles. The summed E-state index contributed by atoms with van der Waals surface area (Å²) in [6.07, 6.45) is 1.87. The molecule has 0 saturated carbocycles. The van der Waals surface area contributed by atoms with Crippen LogP contribution in [0.1, 0.15) is 30.6 Å². The zero-order valence-corrected chi connectivity index (χ0v) is 7.56. The van der Waals surface area contributed by atoms with Crippen molar-refractivity contribution < 1.29 is 14.4 Å². The van der Waals surface area contributed by atoms with Crippen molar-refractivity contribution in [1.82, 2.24) is 15.5 Å². The Morgan fingerprint density at radius 1 is 1.71 bits per heavy atom. The molecule has 0 amide bonds. The summed E-state index contributed by atoms with van der Waals surface area (Å²) in [6.45, 7) is 0.946. The van der Waals surface area contributed by atoms with Crippen LogP contribution in [-0.4, -0.2) is 27.8 Å². The SMILES string of the molecule is O=C(O)Cc1noc(C2CCCN2)n1. The maximum atomic E-state index is 10.4. The van der Waals surface area contributed by atoms with Crippen LogP contribution in [0.15, 0.2) is 4.52 Å². The molecule has 1 aliphatic heterocycles. The Morgan fingerprint density at radius 2 is 2.57 bits per heavy atom. The molecule has 14 heavy (non-hydrogen) atoms. The minimum absolute atomic E-state index is 0.102. The maximum absolute atomic E-state index is 10.4. The minimum atomic E-state index is -0.947. The number of hydrogen-bond acceptors (Lipinski definition) is 5. The Hall–Kier alpha value is -1.43. The number of carboxylic acid groups (broad SMARTS) is 1. The van der Waals surface area contributed by atoms with Crippen LogP contribution in [0, 0.1) is 0 Å². The second-order valence-corrected chi connectivity index (χ2v) is 3.27. The van der Waals surface area contributed by atoms with Gasteiger partial charge < -0.3 is 14.9 Å². The van der Waals surface area contributed by atoms with Gasteiger partial charge in [-0.05, 0) is 19.4 Å². The van der Waals surface area contributed by atoms with E-state index >= 15 is 0 Å². The lowest BCUT2D eigenvalue weighted by Crippen LogP contribution is -2.13. The highest BCUT2D eigenvalue weighted by Crippen LogP contribution is 2.20. The van der Waals surface area contributed by atoms with Gasteiger partial charge in [-0.3, -0.25) is 4.79 Å². The summed E-state index contributed by atoms with van der Waals surface area (Å²) in [6, 6.07) is 0.102. The second-order valence-electron chi connectivity index (χ2n) is 3.27. The van der Waals surface area contributed by atoms with Gasteiger partial charge in [0.25, 0.3) is 0 Å². The lowest BCUT2D eigenvalue weighted by atomic mass is 10.2. The summed E-state index contributed by atoms with van der Waals surface area (Å²) in [5, 5.41) is 15.3. The molecule has 0 aromatic carbocycles. The highest BCUT2D eigenvalue weighted by molar-refractivity contribution is 5.68. The lowest BCUT2D eigenvalue weighted by molar-refractivity contribution is -0.136. The average molecular weight is 197 g/mol. The molecule has 1 atom stereocenters. The van der Waals surface area contributed by atoms with Gasteiger partial charge >= 0.3 is 5.97 Å². The molecule has 2 rings (SSSR count). The molecule has 0 radical (unpaired) electrons. The smallest absolute Gasteiger partial charge is 0.311 e. The number of aliphatic carboxylic acids is 1. The van der Waals surface area contributed by atoms with E-state index in [1.165, 1.54) is 0 Å². The van der Waals surface area contributed by atoms with Gasteiger partial charge in [-0.15, -0.1) is 0 Å². The first-order chi connectivity index (χ1) is 6.75. The number of hydrogen-bond donors (Lipinski definition) is 2. The van der Waals surface area contributed by atoms with Crippen LogP contribution in [0.25, 0.3) is 0 Å². The Labute approximate surface area is 80.3 Å². The molecule has 6 heteroatoms. The summed E-state index contributed by atoms with van der Waals surface area (Å²) >= 11 is 0. The van der Waals surface area contributed by atoms with Crippen molar-refractivity contribution in [3.63, 3.8) is 0 Å². The van der Waals surface area contributed by atoms with Crippen molar-refractivity contribution in [3.8, 4) is 0 Å². The third kappa shape index (κ3) is 1.90. The Kier molecular flexibility index (Phi) is 2.45. The summed E-state index contributed by atoms with van der Waals surface area (Å²) in [4.78, 5) is 14.4. The van der Waals surface area contributed by atoms with Crippen LogP contribution < -0.4 is 5.32 Å². The van der Waals surface area contributed by atoms with E-state index < -0.39 is 5.97 Å². The van der Waals surface area contributed by atoms with Crippen molar-refractivity contribution >= 4 is 5.97 Å². The van der Waals surface area contributed by atoms with Crippen LogP contribution in [0.5, 0.6) is 0 Å². The fourth-order valence-electron chi connectivity index (χ4n) is 1.51. The number of carboxylic acids is 1. The Bertz CT molecular complexity index is 330. The van der Waals surface area contributed by atoms with Gasteiger partial charge in [-0.2, -0.15) is 4.98 Å². The van der Waals surface area contributed by atoms with Crippen molar-refractivity contribution in [3.05, 3.63) is 11.7 Å². The molecule has 2 heterocycles. The van der Waals surface area contributed by atoms with Gasteiger partial charge in [0.05, 0.1) is 6.04 Å². The minimum Gasteiger partial charge on any atom is -0.481 e. The molecule has 1 aromatic rings. The predicted molar refractivity (Wildman–Crippen MR) is 45.6 cm³/mol. The molecule has 76 valence electrons. The summed E-state index contributed by atoms with van der Waals surface area (Å²) in [7, 11) is 0. The van der Waals surface area contributed by atoms with Gasteiger partial charge in [0, 0.05) is 0 Å². The molecular weight excluding hydrogens is 186 g/mol. The molecule has 1 aromatic heterocycles. The molecule has 1 unspecified atom stereocenters. The molecule has 2 N–H and O–H groups in total. The average Bonchev–Trinajstić information content (AvgIpc) is 2.69. The highest BCUT2D eigenvalue weighted by atomic mass is 16.5. The summed E-state index contributed by atoms with van der Waals surface area (Å²) in [5.41, 5.74) is 0. The molecule has 1 aliphatic rings. The van der Waals surface area contributed by atoms with Crippen molar-refractivity contribution in [1.29, 1.82) is 0 Å². The van der Waals surface area contributed by atoms with Gasteiger partial charge in [0.15, 0.2) is 5.82 Å². The van der Waals surface area contributed by atoms with Crippen LogP contribution in [0.4, 0.5) is 0 Å². The van der Waals surface area contributed by atoms with Crippen molar-refractivity contribution in [2.75, 3.05) is 6.54 Å². The van der Waals surface area contributed by atoms with Gasteiger partial charge in [-0.1, -0.05) is 5.16 Å². The third-order valence-electron chi connectivity index (χ3n) is 2.15. The van der Waals surface area contributed by atoms with E-state index in [2.05, 4.69) is 15.5 Å². The van der Waals surface area contributed by atoms with E-state index in [4.69, 9.17) is 9.63 Å². The fourth-order valence-corrected chi connectivity index (χ4v) is 1.51. The molecule has 6 nitrogen and oxygen atoms in total. The van der Waals surface area contributed by atoms with Gasteiger partial charge in [-0.25, -0.2) is 0 Å². The largest absolute Gasteiger partial charge is 0.481 e. The number of carbonyl (C=O) groups is 1. The fraction of sp³-hybridized carbons (Fsp3) is 0.625. The third-order valence-corrected chi connectivity index (χ3v) is 2.15. The number of aromatic nitrogens is 2. The lowest BCUT2D eigenvalue weighted by Gasteiger charge is -2.01. The van der Waals surface area contributed by atoms with E-state index in [9.17, 15) is 4.79 Å². The first kappa shape index (κ1) is 9.14. The maximum Gasteiger partial charge on any atom is 0.311 e.